The number of esters is 1. The average molecular weight is 545 g/mol. The van der Waals surface area contributed by atoms with E-state index in [1.165, 1.54) is 18.5 Å². The molecule has 0 aliphatic heterocycles. The van der Waals surface area contributed by atoms with Gasteiger partial charge in [-0.2, -0.15) is 0 Å². The Morgan fingerprint density at radius 2 is 1.60 bits per heavy atom. The summed E-state index contributed by atoms with van der Waals surface area (Å²) in [5, 5.41) is 0. The third-order valence-electron chi connectivity index (χ3n) is 6.56. The molecule has 9 nitrogen and oxygen atoms in total. The van der Waals surface area contributed by atoms with Gasteiger partial charge < -0.3 is 9.47 Å². The van der Waals surface area contributed by atoms with Crippen LogP contribution in [0.1, 0.15) is 51.4 Å². The molecule has 40 heavy (non-hydrogen) atoms. The Balaban J connectivity index is 1.63. The van der Waals surface area contributed by atoms with Gasteiger partial charge in [0.1, 0.15) is 18.1 Å². The lowest BCUT2D eigenvalue weighted by atomic mass is 10.1. The first kappa shape index (κ1) is 28.7. The third-order valence-corrected chi connectivity index (χ3v) is 6.56. The number of fused-ring (bicyclic) bond motifs is 1. The molecule has 0 spiro atoms. The molecule has 2 aromatic carbocycles. The molecule has 0 fully saturated rings. The first-order chi connectivity index (χ1) is 19.2. The van der Waals surface area contributed by atoms with E-state index in [-0.39, 0.29) is 29.7 Å². The van der Waals surface area contributed by atoms with Crippen molar-refractivity contribution in [3.05, 3.63) is 86.8 Å². The standard InChI is InChI=1S/C31H36N4O5/c1-21(2)19-35-29-28(30(37)34(4)31(35)38)32-26(13-9-6-10-18-39-22(3)36)27(33-29)20-40-25-16-14-24(15-17-25)23-11-7-5-8-12-23/h5,7-8,11-12,14-17,21H,6,9-10,13,18-20H2,1-4H3. The number of rotatable bonds is 12. The number of carbonyl (C=O) groups excluding carboxylic acids is 1. The molecule has 4 rings (SSSR count). The molecule has 210 valence electrons. The number of carbonyl (C=O) groups is 1. The summed E-state index contributed by atoms with van der Waals surface area (Å²) < 4.78 is 13.8. The van der Waals surface area contributed by atoms with Crippen LogP contribution in [0.2, 0.25) is 0 Å². The Morgan fingerprint density at radius 3 is 2.27 bits per heavy atom. The maximum absolute atomic E-state index is 13.0. The Labute approximate surface area is 233 Å². The van der Waals surface area contributed by atoms with Crippen LogP contribution in [0, 0.1) is 5.92 Å². The molecule has 0 radical (unpaired) electrons. The largest absolute Gasteiger partial charge is 0.487 e. The monoisotopic (exact) mass is 544 g/mol. The van der Waals surface area contributed by atoms with Crippen LogP contribution in [0.15, 0.2) is 64.2 Å². The molecule has 0 amide bonds. The number of nitrogens with zero attached hydrogens (tertiary/aromatic N) is 4. The molecule has 0 aliphatic carbocycles. The summed E-state index contributed by atoms with van der Waals surface area (Å²) in [5.74, 6) is 0.553. The molecule has 4 aromatic rings. The van der Waals surface area contributed by atoms with Crippen LogP contribution in [-0.2, 0) is 36.2 Å². The fourth-order valence-corrected chi connectivity index (χ4v) is 4.50. The van der Waals surface area contributed by atoms with Gasteiger partial charge in [-0.1, -0.05) is 56.3 Å². The molecular weight excluding hydrogens is 508 g/mol. The molecule has 0 unspecified atom stereocenters. The lowest BCUT2D eigenvalue weighted by Gasteiger charge is -2.16. The van der Waals surface area contributed by atoms with E-state index >= 15 is 0 Å². The number of aryl methyl sites for hydroxylation is 1. The quantitative estimate of drug-likeness (QED) is 0.189. The number of aromatic nitrogens is 4. The van der Waals surface area contributed by atoms with Gasteiger partial charge in [0.25, 0.3) is 5.56 Å². The first-order valence-corrected chi connectivity index (χ1v) is 13.7. The van der Waals surface area contributed by atoms with Gasteiger partial charge in [0, 0.05) is 20.5 Å². The van der Waals surface area contributed by atoms with E-state index in [0.717, 1.165) is 35.0 Å². The Bertz CT molecular complexity index is 1570. The molecule has 2 heterocycles. The molecule has 0 saturated heterocycles. The van der Waals surface area contributed by atoms with Gasteiger partial charge in [-0.3, -0.25) is 18.7 Å². The Kier molecular flexibility index (Phi) is 9.47. The van der Waals surface area contributed by atoms with Gasteiger partial charge in [0.2, 0.25) is 0 Å². The van der Waals surface area contributed by atoms with Crippen LogP contribution in [-0.4, -0.2) is 31.7 Å². The predicted molar refractivity (Wildman–Crippen MR) is 154 cm³/mol. The van der Waals surface area contributed by atoms with Gasteiger partial charge in [0.15, 0.2) is 11.2 Å². The summed E-state index contributed by atoms with van der Waals surface area (Å²) in [7, 11) is 1.47. The predicted octanol–water partition coefficient (Wildman–Crippen LogP) is 4.67. The summed E-state index contributed by atoms with van der Waals surface area (Å²) in [4.78, 5) is 46.6. The van der Waals surface area contributed by atoms with Crippen molar-refractivity contribution in [1.82, 2.24) is 19.1 Å². The highest BCUT2D eigenvalue weighted by Crippen LogP contribution is 2.23. The molecule has 0 N–H and O–H groups in total. The zero-order valence-corrected chi connectivity index (χ0v) is 23.6. The minimum atomic E-state index is -0.465. The number of benzene rings is 2. The van der Waals surface area contributed by atoms with Crippen molar-refractivity contribution in [3.8, 4) is 16.9 Å². The van der Waals surface area contributed by atoms with E-state index in [0.29, 0.717) is 36.7 Å². The van der Waals surface area contributed by atoms with Crippen molar-refractivity contribution in [1.29, 1.82) is 0 Å². The normalized spacial score (nSPS) is 11.2. The van der Waals surface area contributed by atoms with Crippen molar-refractivity contribution >= 4 is 17.1 Å². The third kappa shape index (κ3) is 7.02. The average Bonchev–Trinajstić information content (AvgIpc) is 2.95. The number of hydrogen-bond donors (Lipinski definition) is 0. The van der Waals surface area contributed by atoms with Crippen molar-refractivity contribution in [3.63, 3.8) is 0 Å². The van der Waals surface area contributed by atoms with Gasteiger partial charge >= 0.3 is 11.7 Å². The summed E-state index contributed by atoms with van der Waals surface area (Å²) in [6.07, 6.45) is 2.89. The van der Waals surface area contributed by atoms with E-state index in [1.54, 1.807) is 0 Å². The van der Waals surface area contributed by atoms with Gasteiger partial charge in [-0.25, -0.2) is 14.8 Å². The summed E-state index contributed by atoms with van der Waals surface area (Å²) >= 11 is 0. The molecule has 0 aliphatic rings. The van der Waals surface area contributed by atoms with E-state index in [2.05, 4.69) is 12.1 Å². The molecule has 0 atom stereocenters. The van der Waals surface area contributed by atoms with Crippen LogP contribution in [0.3, 0.4) is 0 Å². The number of hydrogen-bond acceptors (Lipinski definition) is 7. The summed E-state index contributed by atoms with van der Waals surface area (Å²) in [6.45, 7) is 6.33. The van der Waals surface area contributed by atoms with Crippen LogP contribution in [0.5, 0.6) is 5.75 Å². The second-order valence-corrected chi connectivity index (χ2v) is 10.3. The highest BCUT2D eigenvalue weighted by molar-refractivity contribution is 5.69. The summed E-state index contributed by atoms with van der Waals surface area (Å²) in [6, 6.07) is 17.9. The second-order valence-electron chi connectivity index (χ2n) is 10.3. The van der Waals surface area contributed by atoms with Gasteiger partial charge in [-0.05, 0) is 54.9 Å². The smallest absolute Gasteiger partial charge is 0.332 e. The lowest BCUT2D eigenvalue weighted by Crippen LogP contribution is -2.40. The zero-order chi connectivity index (χ0) is 28.6. The van der Waals surface area contributed by atoms with Crippen molar-refractivity contribution in [2.45, 2.75) is 59.6 Å². The van der Waals surface area contributed by atoms with Gasteiger partial charge in [-0.15, -0.1) is 0 Å². The highest BCUT2D eigenvalue weighted by atomic mass is 16.5. The number of ether oxygens (including phenoxy) is 2. The topological polar surface area (TPSA) is 105 Å². The Hall–Kier alpha value is -4.27. The highest BCUT2D eigenvalue weighted by Gasteiger charge is 2.18. The minimum absolute atomic E-state index is 0.140. The van der Waals surface area contributed by atoms with Crippen LogP contribution < -0.4 is 16.0 Å². The van der Waals surface area contributed by atoms with Crippen LogP contribution in [0.4, 0.5) is 0 Å². The van der Waals surface area contributed by atoms with E-state index in [4.69, 9.17) is 19.4 Å². The van der Waals surface area contributed by atoms with Gasteiger partial charge in [0.05, 0.1) is 12.3 Å². The van der Waals surface area contributed by atoms with E-state index in [1.807, 2.05) is 56.3 Å². The van der Waals surface area contributed by atoms with E-state index < -0.39 is 11.2 Å². The Morgan fingerprint density at radius 1 is 0.900 bits per heavy atom. The number of unbranched alkanes of at least 4 members (excludes halogenated alkanes) is 2. The fraction of sp³-hybridized carbons (Fsp3) is 0.387. The maximum atomic E-state index is 13.0. The molecule has 2 aromatic heterocycles. The molecule has 0 bridgehead atoms. The molecule has 0 saturated carbocycles. The molecule has 9 heteroatoms. The fourth-order valence-electron chi connectivity index (χ4n) is 4.50. The SMILES string of the molecule is CC(=O)OCCCCCc1nc2c(=O)n(C)c(=O)n(CC(C)C)c2nc1COc1ccc(-c2ccccc2)cc1. The minimum Gasteiger partial charge on any atom is -0.487 e. The maximum Gasteiger partial charge on any atom is 0.332 e. The van der Waals surface area contributed by atoms with Crippen LogP contribution in [0.25, 0.3) is 22.3 Å². The van der Waals surface area contributed by atoms with Crippen LogP contribution >= 0.6 is 0 Å². The molecular formula is C31H36N4O5. The van der Waals surface area contributed by atoms with Crippen molar-refractivity contribution in [2.24, 2.45) is 13.0 Å². The lowest BCUT2D eigenvalue weighted by molar-refractivity contribution is -0.141. The van der Waals surface area contributed by atoms with Crippen molar-refractivity contribution in [2.75, 3.05) is 6.61 Å². The van der Waals surface area contributed by atoms with Crippen molar-refractivity contribution < 1.29 is 14.3 Å². The zero-order valence-electron chi connectivity index (χ0n) is 23.6. The second kappa shape index (κ2) is 13.2. The summed E-state index contributed by atoms with van der Waals surface area (Å²) in [5.41, 5.74) is 3.02. The van der Waals surface area contributed by atoms with E-state index in [9.17, 15) is 14.4 Å². The first-order valence-electron chi connectivity index (χ1n) is 13.7.